The number of hydrogen-bond acceptors (Lipinski definition) is 8. The second kappa shape index (κ2) is 8.18. The number of nitrogens with zero attached hydrogens (tertiary/aromatic N) is 5. The predicted octanol–water partition coefficient (Wildman–Crippen LogP) is 2.57. The first-order valence-electron chi connectivity index (χ1n) is 9.11. The average molecular weight is 372 g/mol. The van der Waals surface area contributed by atoms with Gasteiger partial charge in [0.1, 0.15) is 5.82 Å². The van der Waals surface area contributed by atoms with Crippen molar-refractivity contribution in [3.05, 3.63) is 30.2 Å². The Labute approximate surface area is 158 Å². The smallest absolute Gasteiger partial charge is 0.225 e. The molecular formula is C18H24N6OS. The third kappa shape index (κ3) is 4.07. The molecule has 4 rings (SSSR count). The summed E-state index contributed by atoms with van der Waals surface area (Å²) < 4.78 is 5.46. The number of anilines is 2. The van der Waals surface area contributed by atoms with E-state index in [1.807, 2.05) is 18.5 Å². The molecule has 4 heterocycles. The second-order valence-corrected chi connectivity index (χ2v) is 7.45. The van der Waals surface area contributed by atoms with Crippen LogP contribution in [0.5, 0.6) is 0 Å². The molecule has 0 saturated carbocycles. The minimum absolute atomic E-state index is 0.343. The lowest BCUT2D eigenvalue weighted by atomic mass is 9.96. The van der Waals surface area contributed by atoms with Gasteiger partial charge < -0.3 is 15.0 Å². The maximum absolute atomic E-state index is 5.46. The van der Waals surface area contributed by atoms with Crippen LogP contribution in [0.4, 0.5) is 11.8 Å². The molecule has 2 aliphatic heterocycles. The molecule has 0 radical (unpaired) electrons. The summed E-state index contributed by atoms with van der Waals surface area (Å²) in [6, 6.07) is 4.32. The number of thioether (sulfide) groups is 1. The van der Waals surface area contributed by atoms with E-state index >= 15 is 0 Å². The zero-order chi connectivity index (χ0) is 17.8. The third-order valence-electron chi connectivity index (χ3n) is 4.94. The highest BCUT2D eigenvalue weighted by atomic mass is 32.2. The molecule has 0 aromatic carbocycles. The van der Waals surface area contributed by atoms with E-state index in [0.29, 0.717) is 12.0 Å². The highest BCUT2D eigenvalue weighted by molar-refractivity contribution is 7.98. The van der Waals surface area contributed by atoms with Crippen molar-refractivity contribution in [1.82, 2.24) is 19.9 Å². The van der Waals surface area contributed by atoms with Gasteiger partial charge in [-0.1, -0.05) is 11.8 Å². The van der Waals surface area contributed by atoms with Crippen LogP contribution in [0.15, 0.2) is 29.7 Å². The average Bonchev–Trinajstić information content (AvgIpc) is 3.17. The number of aromatic nitrogens is 4. The van der Waals surface area contributed by atoms with E-state index in [4.69, 9.17) is 9.72 Å². The first-order chi connectivity index (χ1) is 12.8. The molecule has 2 fully saturated rings. The molecule has 1 unspecified atom stereocenters. The summed E-state index contributed by atoms with van der Waals surface area (Å²) in [7, 11) is 0. The van der Waals surface area contributed by atoms with Crippen LogP contribution in [0.25, 0.3) is 0 Å². The zero-order valence-corrected chi connectivity index (χ0v) is 15.8. The van der Waals surface area contributed by atoms with Gasteiger partial charge in [0.25, 0.3) is 0 Å². The Hall–Kier alpha value is -1.93. The molecule has 7 nitrogen and oxygen atoms in total. The van der Waals surface area contributed by atoms with Crippen molar-refractivity contribution >= 4 is 23.5 Å². The summed E-state index contributed by atoms with van der Waals surface area (Å²) >= 11 is 1.55. The molecule has 2 aromatic heterocycles. The maximum atomic E-state index is 5.46. The van der Waals surface area contributed by atoms with E-state index in [1.54, 1.807) is 18.0 Å². The summed E-state index contributed by atoms with van der Waals surface area (Å²) in [6.07, 6.45) is 8.82. The van der Waals surface area contributed by atoms with Gasteiger partial charge in [0.05, 0.1) is 0 Å². The molecule has 0 amide bonds. The topological polar surface area (TPSA) is 76.1 Å². The van der Waals surface area contributed by atoms with Crippen molar-refractivity contribution < 1.29 is 4.74 Å². The molecular weight excluding hydrogens is 348 g/mol. The van der Waals surface area contributed by atoms with E-state index in [1.165, 1.54) is 0 Å². The van der Waals surface area contributed by atoms with Gasteiger partial charge in [-0.05, 0) is 37.7 Å². The lowest BCUT2D eigenvalue weighted by Crippen LogP contribution is -2.28. The first-order valence-corrected chi connectivity index (χ1v) is 10.3. The van der Waals surface area contributed by atoms with Gasteiger partial charge in [0.15, 0.2) is 5.16 Å². The van der Waals surface area contributed by atoms with E-state index in [-0.39, 0.29) is 0 Å². The van der Waals surface area contributed by atoms with Crippen LogP contribution >= 0.6 is 11.8 Å². The van der Waals surface area contributed by atoms with Gasteiger partial charge in [0, 0.05) is 56.4 Å². The van der Waals surface area contributed by atoms with Crippen LogP contribution in [0.2, 0.25) is 0 Å². The number of rotatable bonds is 5. The van der Waals surface area contributed by atoms with Crippen molar-refractivity contribution in [3.8, 4) is 0 Å². The van der Waals surface area contributed by atoms with Gasteiger partial charge in [0.2, 0.25) is 5.95 Å². The fourth-order valence-corrected chi connectivity index (χ4v) is 3.88. The Balaban J connectivity index is 1.40. The van der Waals surface area contributed by atoms with Gasteiger partial charge >= 0.3 is 0 Å². The van der Waals surface area contributed by atoms with E-state index in [9.17, 15) is 0 Å². The summed E-state index contributed by atoms with van der Waals surface area (Å²) in [4.78, 5) is 20.4. The largest absolute Gasteiger partial charge is 0.381 e. The van der Waals surface area contributed by atoms with Crippen molar-refractivity contribution in [2.24, 2.45) is 0 Å². The molecule has 138 valence electrons. The second-order valence-electron chi connectivity index (χ2n) is 6.67. The summed E-state index contributed by atoms with van der Waals surface area (Å²) in [6.45, 7) is 3.50. The van der Waals surface area contributed by atoms with Crippen LogP contribution in [0, 0.1) is 0 Å². The highest BCUT2D eigenvalue weighted by Crippen LogP contribution is 2.27. The number of hydrogen-bond donors (Lipinski definition) is 1. The summed E-state index contributed by atoms with van der Waals surface area (Å²) in [5, 5.41) is 4.30. The summed E-state index contributed by atoms with van der Waals surface area (Å²) in [5.41, 5.74) is 1.15. The van der Waals surface area contributed by atoms with Crippen molar-refractivity contribution in [1.29, 1.82) is 0 Å². The van der Waals surface area contributed by atoms with Crippen LogP contribution in [-0.2, 0) is 4.74 Å². The summed E-state index contributed by atoms with van der Waals surface area (Å²) in [5.74, 6) is 2.21. The maximum Gasteiger partial charge on any atom is 0.225 e. The monoisotopic (exact) mass is 372 g/mol. The molecule has 2 aliphatic rings. The molecule has 0 bridgehead atoms. The van der Waals surface area contributed by atoms with Crippen LogP contribution in [0.1, 0.15) is 30.9 Å². The number of ether oxygens (including phenoxy) is 1. The van der Waals surface area contributed by atoms with Gasteiger partial charge in [-0.15, -0.1) is 0 Å². The fraction of sp³-hybridized carbons (Fsp3) is 0.556. The first kappa shape index (κ1) is 17.5. The Morgan fingerprint density at radius 1 is 1.12 bits per heavy atom. The van der Waals surface area contributed by atoms with Crippen LogP contribution in [-0.4, -0.2) is 58.5 Å². The molecule has 2 saturated heterocycles. The lowest BCUT2D eigenvalue weighted by molar-refractivity contribution is 0.0845. The fourth-order valence-electron chi connectivity index (χ4n) is 3.52. The van der Waals surface area contributed by atoms with Crippen LogP contribution < -0.4 is 10.2 Å². The Morgan fingerprint density at radius 2 is 1.96 bits per heavy atom. The minimum atomic E-state index is 0.343. The highest BCUT2D eigenvalue weighted by Gasteiger charge is 2.26. The van der Waals surface area contributed by atoms with Gasteiger partial charge in [-0.25, -0.2) is 19.9 Å². The van der Waals surface area contributed by atoms with E-state index in [2.05, 4.69) is 31.2 Å². The Kier molecular flexibility index (Phi) is 5.50. The van der Waals surface area contributed by atoms with Crippen molar-refractivity contribution in [2.75, 3.05) is 42.8 Å². The zero-order valence-electron chi connectivity index (χ0n) is 15.0. The number of nitrogens with one attached hydrogen (secondary N) is 1. The van der Waals surface area contributed by atoms with Crippen molar-refractivity contribution in [2.45, 2.75) is 36.4 Å². The van der Waals surface area contributed by atoms with Crippen molar-refractivity contribution in [3.63, 3.8) is 0 Å². The molecule has 8 heteroatoms. The predicted molar refractivity (Wildman–Crippen MR) is 103 cm³/mol. The third-order valence-corrected chi connectivity index (χ3v) is 5.50. The Bertz CT molecular complexity index is 739. The van der Waals surface area contributed by atoms with E-state index in [0.717, 1.165) is 68.2 Å². The molecule has 1 atom stereocenters. The van der Waals surface area contributed by atoms with Crippen LogP contribution in [0.3, 0.4) is 0 Å². The lowest BCUT2D eigenvalue weighted by Gasteiger charge is -2.23. The molecule has 0 spiro atoms. The molecule has 1 N–H and O–H groups in total. The van der Waals surface area contributed by atoms with Gasteiger partial charge in [-0.2, -0.15) is 0 Å². The molecule has 2 aromatic rings. The normalized spacial score (nSPS) is 21.1. The van der Waals surface area contributed by atoms with E-state index < -0.39 is 0 Å². The standard InChI is InChI=1S/C18H24N6OS/c1-26-18-20-8-3-16(23-18)21-14-4-9-24(12-14)17-19-7-2-15(22-17)13-5-10-25-11-6-13/h2-3,7-8,13-14H,4-6,9-12H2,1H3,(H,20,21,23). The Morgan fingerprint density at radius 3 is 2.81 bits per heavy atom. The minimum Gasteiger partial charge on any atom is -0.381 e. The quantitative estimate of drug-likeness (QED) is 0.634. The SMILES string of the molecule is CSc1nccc(NC2CCN(c3nccc(C4CCOCC4)n3)C2)n1. The van der Waals surface area contributed by atoms with Gasteiger partial charge in [-0.3, -0.25) is 0 Å². The molecule has 26 heavy (non-hydrogen) atoms. The molecule has 0 aliphatic carbocycles.